The number of hydrogen-bond donors (Lipinski definition) is 3. The van der Waals surface area contributed by atoms with Crippen molar-refractivity contribution in [3.05, 3.63) is 0 Å². The fourth-order valence-electron chi connectivity index (χ4n) is 0.308. The molecule has 13 heavy (non-hydrogen) atoms. The van der Waals surface area contributed by atoms with Crippen LogP contribution in [0.25, 0.3) is 0 Å². The van der Waals surface area contributed by atoms with E-state index in [1.807, 2.05) is 0 Å². The van der Waals surface area contributed by atoms with Gasteiger partial charge in [-0.15, -0.1) is 0 Å². The predicted octanol–water partition coefficient (Wildman–Crippen LogP) is 0.0531. The van der Waals surface area contributed by atoms with Crippen LogP contribution in [0.1, 0.15) is 0 Å². The second kappa shape index (κ2) is 4.65. The summed E-state index contributed by atoms with van der Waals surface area (Å²) < 4.78 is 31.7. The Morgan fingerprint density at radius 3 is 1.85 bits per heavy atom. The summed E-state index contributed by atoms with van der Waals surface area (Å²) in [5.41, 5.74) is 0.843. The maximum atomic E-state index is 10.6. The highest BCUT2D eigenvalue weighted by Gasteiger charge is 2.38. The Morgan fingerprint density at radius 1 is 1.46 bits per heavy atom. The van der Waals surface area contributed by atoms with Gasteiger partial charge < -0.3 is 15.6 Å². The minimum Gasteiger partial charge on any atom is -0.475 e. The molecule has 1 aliphatic heterocycles. The van der Waals surface area contributed by atoms with Gasteiger partial charge in [-0.25, -0.2) is 4.79 Å². The first kappa shape index (κ1) is 11.7. The minimum absolute atomic E-state index is 0.760. The largest absolute Gasteiger partial charge is 0.490 e. The molecule has 0 aromatic heterocycles. The minimum atomic E-state index is -5.08. The van der Waals surface area contributed by atoms with E-state index < -0.39 is 12.1 Å². The number of carboxylic acid groups (broad SMARTS) is 1. The van der Waals surface area contributed by atoms with Crippen molar-refractivity contribution in [1.29, 1.82) is 0 Å². The molecule has 1 saturated heterocycles. The first-order valence-corrected chi connectivity index (χ1v) is 3.08. The molecule has 3 N–H and O–H groups in total. The van der Waals surface area contributed by atoms with Crippen molar-refractivity contribution in [3.63, 3.8) is 0 Å². The van der Waals surface area contributed by atoms with E-state index in [-0.39, 0.29) is 0 Å². The van der Waals surface area contributed by atoms with Crippen LogP contribution in [-0.4, -0.2) is 41.3 Å². The smallest absolute Gasteiger partial charge is 0.475 e. The zero-order valence-electron chi connectivity index (χ0n) is 6.30. The van der Waals surface area contributed by atoms with Gasteiger partial charge in [-0.05, 0) is 0 Å². The molecule has 0 aromatic carbocycles. The molecular formula is C5H7F3N2O3. The number of carboxylic acids is 1. The molecule has 0 unspecified atom stereocenters. The molecule has 0 aliphatic carbocycles. The molecule has 8 heteroatoms. The Kier molecular flexibility index (Phi) is 4.18. The second-order valence-corrected chi connectivity index (χ2v) is 2.07. The molecular weight excluding hydrogens is 193 g/mol. The van der Waals surface area contributed by atoms with Gasteiger partial charge in [-0.1, -0.05) is 5.16 Å². The monoisotopic (exact) mass is 200 g/mol. The number of oxime groups is 1. The van der Waals surface area contributed by atoms with Crippen molar-refractivity contribution in [2.45, 2.75) is 6.18 Å². The highest BCUT2D eigenvalue weighted by atomic mass is 19.4. The standard InChI is InChI=1S/C3H6N2O.C2HF3O2/c6-5-3-1-4-2-3;3-2(4,5)1(6)7/h4,6H,1-2H2;(H,6,7). The quantitative estimate of drug-likeness (QED) is 0.381. The average Bonchev–Trinajstić information content (AvgIpc) is 1.83. The van der Waals surface area contributed by atoms with Crippen molar-refractivity contribution in [1.82, 2.24) is 5.32 Å². The van der Waals surface area contributed by atoms with Gasteiger partial charge in [0, 0.05) is 13.1 Å². The van der Waals surface area contributed by atoms with Crippen molar-refractivity contribution in [2.75, 3.05) is 13.1 Å². The summed E-state index contributed by atoms with van der Waals surface area (Å²) in [6.45, 7) is 1.52. The first-order chi connectivity index (χ1) is 5.88. The number of hydrogen-bond acceptors (Lipinski definition) is 4. The van der Waals surface area contributed by atoms with Gasteiger partial charge >= 0.3 is 12.1 Å². The number of halogens is 3. The number of alkyl halides is 3. The number of rotatable bonds is 0. The van der Waals surface area contributed by atoms with Crippen LogP contribution in [0.4, 0.5) is 13.2 Å². The highest BCUT2D eigenvalue weighted by Crippen LogP contribution is 2.13. The van der Waals surface area contributed by atoms with Crippen LogP contribution in [0, 0.1) is 0 Å². The van der Waals surface area contributed by atoms with Gasteiger partial charge in [0.2, 0.25) is 0 Å². The molecule has 1 aliphatic rings. The topological polar surface area (TPSA) is 81.9 Å². The third-order valence-electron chi connectivity index (χ3n) is 1.04. The van der Waals surface area contributed by atoms with Crippen LogP contribution < -0.4 is 5.32 Å². The van der Waals surface area contributed by atoms with Crippen molar-refractivity contribution < 1.29 is 28.3 Å². The summed E-state index contributed by atoms with van der Waals surface area (Å²) in [4.78, 5) is 8.90. The van der Waals surface area contributed by atoms with Crippen LogP contribution >= 0.6 is 0 Å². The van der Waals surface area contributed by atoms with Crippen molar-refractivity contribution in [2.24, 2.45) is 5.16 Å². The molecule has 1 heterocycles. The van der Waals surface area contributed by atoms with Crippen molar-refractivity contribution in [3.8, 4) is 0 Å². The lowest BCUT2D eigenvalue weighted by Gasteiger charge is -2.13. The summed E-state index contributed by atoms with van der Waals surface area (Å²) in [7, 11) is 0. The van der Waals surface area contributed by atoms with Crippen LogP contribution in [0.5, 0.6) is 0 Å². The normalized spacial score (nSPS) is 15.2. The van der Waals surface area contributed by atoms with Gasteiger partial charge in [0.05, 0.1) is 5.71 Å². The third kappa shape index (κ3) is 5.01. The molecule has 0 bridgehead atoms. The first-order valence-electron chi connectivity index (χ1n) is 3.08. The van der Waals surface area contributed by atoms with Gasteiger partial charge in [0.25, 0.3) is 0 Å². The molecule has 0 radical (unpaired) electrons. The van der Waals surface area contributed by atoms with E-state index in [4.69, 9.17) is 15.1 Å². The van der Waals surface area contributed by atoms with E-state index >= 15 is 0 Å². The van der Waals surface area contributed by atoms with E-state index in [0.717, 1.165) is 18.8 Å². The lowest BCUT2D eigenvalue weighted by Crippen LogP contribution is -2.42. The molecule has 1 fully saturated rings. The van der Waals surface area contributed by atoms with Gasteiger partial charge in [-0.2, -0.15) is 13.2 Å². The van der Waals surface area contributed by atoms with Gasteiger partial charge in [-0.3, -0.25) is 0 Å². The molecule has 0 atom stereocenters. The van der Waals surface area contributed by atoms with Crippen LogP contribution in [0.3, 0.4) is 0 Å². The summed E-state index contributed by atoms with van der Waals surface area (Å²) in [5.74, 6) is -2.76. The van der Waals surface area contributed by atoms with E-state index in [0.29, 0.717) is 0 Å². The van der Waals surface area contributed by atoms with E-state index in [2.05, 4.69) is 10.5 Å². The van der Waals surface area contributed by atoms with E-state index in [9.17, 15) is 13.2 Å². The van der Waals surface area contributed by atoms with Crippen LogP contribution in [0.2, 0.25) is 0 Å². The molecule has 5 nitrogen and oxygen atoms in total. The number of aliphatic carboxylic acids is 1. The van der Waals surface area contributed by atoms with E-state index in [1.165, 1.54) is 0 Å². The second-order valence-electron chi connectivity index (χ2n) is 2.07. The Bertz CT molecular complexity index is 208. The number of carbonyl (C=O) groups is 1. The Hall–Kier alpha value is -1.31. The molecule has 76 valence electrons. The lowest BCUT2D eigenvalue weighted by molar-refractivity contribution is -0.192. The lowest BCUT2D eigenvalue weighted by atomic mass is 10.2. The maximum Gasteiger partial charge on any atom is 0.490 e. The molecule has 0 aromatic rings. The SMILES string of the molecule is O=C(O)C(F)(F)F.ON=C1CNC1. The van der Waals surface area contributed by atoms with Crippen molar-refractivity contribution >= 4 is 11.7 Å². The predicted molar refractivity (Wildman–Crippen MR) is 35.8 cm³/mol. The highest BCUT2D eigenvalue weighted by molar-refractivity contribution is 5.92. The summed E-state index contributed by atoms with van der Waals surface area (Å²) in [6.07, 6.45) is -5.08. The summed E-state index contributed by atoms with van der Waals surface area (Å²) in [6, 6.07) is 0. The summed E-state index contributed by atoms with van der Waals surface area (Å²) >= 11 is 0. The summed E-state index contributed by atoms with van der Waals surface area (Å²) in [5, 5.41) is 20.9. The van der Waals surface area contributed by atoms with Crippen LogP contribution in [0.15, 0.2) is 5.16 Å². The zero-order chi connectivity index (χ0) is 10.5. The molecule has 1 rings (SSSR count). The van der Waals surface area contributed by atoms with Gasteiger partial charge in [0.1, 0.15) is 0 Å². The fraction of sp³-hybridized carbons (Fsp3) is 0.600. The molecule has 0 saturated carbocycles. The third-order valence-corrected chi connectivity index (χ3v) is 1.04. The fourth-order valence-corrected chi connectivity index (χ4v) is 0.308. The average molecular weight is 200 g/mol. The van der Waals surface area contributed by atoms with E-state index in [1.54, 1.807) is 0 Å². The number of nitrogens with zero attached hydrogens (tertiary/aromatic N) is 1. The number of nitrogens with one attached hydrogen (secondary N) is 1. The molecule has 0 spiro atoms. The Balaban J connectivity index is 0.000000223. The Labute approximate surface area is 70.8 Å². The van der Waals surface area contributed by atoms with Crippen LogP contribution in [-0.2, 0) is 4.79 Å². The maximum absolute atomic E-state index is 10.6. The Morgan fingerprint density at radius 2 is 1.85 bits per heavy atom. The van der Waals surface area contributed by atoms with Gasteiger partial charge in [0.15, 0.2) is 0 Å². The zero-order valence-corrected chi connectivity index (χ0v) is 6.30. The molecule has 0 amide bonds.